The van der Waals surface area contributed by atoms with E-state index in [-0.39, 0.29) is 17.5 Å². The average molecular weight is 266 g/mol. The maximum Gasteiger partial charge on any atom is 0.244 e. The van der Waals surface area contributed by atoms with E-state index in [0.717, 1.165) is 0 Å². The van der Waals surface area contributed by atoms with Crippen LogP contribution < -0.4 is 5.73 Å². The van der Waals surface area contributed by atoms with Gasteiger partial charge in [0.2, 0.25) is 10.0 Å². The summed E-state index contributed by atoms with van der Waals surface area (Å²) in [5.41, 5.74) is 5.79. The summed E-state index contributed by atoms with van der Waals surface area (Å²) in [6.45, 7) is 3.85. The molecular formula is C13H18N2O2S. The topological polar surface area (TPSA) is 63.4 Å². The maximum atomic E-state index is 12.4. The number of sulfonamides is 1. The SMILES string of the molecule is CC(C)N(C)S(=O)(=O)c1ccccc1C#CCN. The van der Waals surface area contributed by atoms with Gasteiger partial charge in [0.1, 0.15) is 0 Å². The molecule has 0 fully saturated rings. The number of benzene rings is 1. The summed E-state index contributed by atoms with van der Waals surface area (Å²) in [5, 5.41) is 0. The van der Waals surface area contributed by atoms with Gasteiger partial charge in [-0.1, -0.05) is 24.0 Å². The molecule has 0 aliphatic rings. The molecule has 0 spiro atoms. The lowest BCUT2D eigenvalue weighted by molar-refractivity contribution is 0.410. The third kappa shape index (κ3) is 3.10. The second-order valence-corrected chi connectivity index (χ2v) is 6.08. The molecule has 5 heteroatoms. The molecule has 0 unspecified atom stereocenters. The van der Waals surface area contributed by atoms with Crippen molar-refractivity contribution < 1.29 is 8.42 Å². The highest BCUT2D eigenvalue weighted by Gasteiger charge is 2.24. The van der Waals surface area contributed by atoms with Crippen LogP contribution in [0.25, 0.3) is 0 Å². The molecular weight excluding hydrogens is 248 g/mol. The second kappa shape index (κ2) is 6.01. The van der Waals surface area contributed by atoms with Crippen LogP contribution in [-0.2, 0) is 10.0 Å². The Morgan fingerprint density at radius 3 is 2.50 bits per heavy atom. The molecule has 0 aromatic heterocycles. The molecule has 0 saturated carbocycles. The lowest BCUT2D eigenvalue weighted by Gasteiger charge is -2.21. The van der Waals surface area contributed by atoms with Gasteiger partial charge in [0.15, 0.2) is 0 Å². The lowest BCUT2D eigenvalue weighted by atomic mass is 10.2. The van der Waals surface area contributed by atoms with E-state index in [9.17, 15) is 8.42 Å². The van der Waals surface area contributed by atoms with Crippen molar-refractivity contribution >= 4 is 10.0 Å². The van der Waals surface area contributed by atoms with Gasteiger partial charge in [-0.15, -0.1) is 0 Å². The number of hydrogen-bond donors (Lipinski definition) is 1. The Morgan fingerprint density at radius 2 is 1.94 bits per heavy atom. The van der Waals surface area contributed by atoms with Crippen LogP contribution in [0.2, 0.25) is 0 Å². The first-order chi connectivity index (χ1) is 8.41. The molecule has 0 atom stereocenters. The van der Waals surface area contributed by atoms with E-state index >= 15 is 0 Å². The van der Waals surface area contributed by atoms with Crippen LogP contribution in [0, 0.1) is 11.8 Å². The normalized spacial score (nSPS) is 11.4. The first-order valence-electron chi connectivity index (χ1n) is 5.67. The summed E-state index contributed by atoms with van der Waals surface area (Å²) in [6, 6.07) is 6.59. The highest BCUT2D eigenvalue weighted by atomic mass is 32.2. The van der Waals surface area contributed by atoms with Gasteiger partial charge < -0.3 is 5.73 Å². The van der Waals surface area contributed by atoms with Crippen LogP contribution in [-0.4, -0.2) is 32.4 Å². The fourth-order valence-corrected chi connectivity index (χ4v) is 2.89. The summed E-state index contributed by atoms with van der Waals surface area (Å²) in [6.07, 6.45) is 0. The minimum Gasteiger partial charge on any atom is -0.320 e. The van der Waals surface area contributed by atoms with Crippen molar-refractivity contribution in [3.8, 4) is 11.8 Å². The minimum absolute atomic E-state index is 0.106. The molecule has 0 saturated heterocycles. The fourth-order valence-electron chi connectivity index (χ4n) is 1.37. The summed E-state index contributed by atoms with van der Waals surface area (Å²) in [5.74, 6) is 5.47. The molecule has 1 rings (SSSR count). The predicted octanol–water partition coefficient (Wildman–Crippen LogP) is 1.03. The van der Waals surface area contributed by atoms with Gasteiger partial charge in [0.25, 0.3) is 0 Å². The van der Waals surface area contributed by atoms with Crippen LogP contribution >= 0.6 is 0 Å². The van der Waals surface area contributed by atoms with Gasteiger partial charge in [0, 0.05) is 18.7 Å². The van der Waals surface area contributed by atoms with Gasteiger partial charge in [-0.2, -0.15) is 4.31 Å². The van der Waals surface area contributed by atoms with Crippen molar-refractivity contribution in [2.75, 3.05) is 13.6 Å². The zero-order valence-corrected chi connectivity index (χ0v) is 11.7. The summed E-state index contributed by atoms with van der Waals surface area (Å²) in [7, 11) is -1.95. The van der Waals surface area contributed by atoms with E-state index in [0.29, 0.717) is 5.56 Å². The molecule has 0 bridgehead atoms. The molecule has 0 heterocycles. The molecule has 98 valence electrons. The minimum atomic E-state index is -3.51. The van der Waals surface area contributed by atoms with Crippen LogP contribution in [0.1, 0.15) is 19.4 Å². The Kier molecular flexibility index (Phi) is 4.91. The summed E-state index contributed by atoms with van der Waals surface area (Å²) >= 11 is 0. The molecule has 0 radical (unpaired) electrons. The Bertz CT molecular complexity index is 568. The Hall–Kier alpha value is -1.35. The van der Waals surface area contributed by atoms with Crippen LogP contribution in [0.5, 0.6) is 0 Å². The number of hydrogen-bond acceptors (Lipinski definition) is 3. The van der Waals surface area contributed by atoms with Crippen LogP contribution in [0.3, 0.4) is 0 Å². The van der Waals surface area contributed by atoms with Gasteiger partial charge >= 0.3 is 0 Å². The number of nitrogens with zero attached hydrogens (tertiary/aromatic N) is 1. The fraction of sp³-hybridized carbons (Fsp3) is 0.385. The van der Waals surface area contributed by atoms with Crippen LogP contribution in [0.15, 0.2) is 29.2 Å². The van der Waals surface area contributed by atoms with Gasteiger partial charge in [-0.3, -0.25) is 0 Å². The van der Waals surface area contributed by atoms with Crippen molar-refractivity contribution in [1.82, 2.24) is 4.31 Å². The molecule has 0 aliphatic heterocycles. The molecule has 2 N–H and O–H groups in total. The molecule has 4 nitrogen and oxygen atoms in total. The standard InChI is InChI=1S/C13H18N2O2S/c1-11(2)15(3)18(16,17)13-9-5-4-7-12(13)8-6-10-14/h4-5,7,9,11H,10,14H2,1-3H3. The van der Waals surface area contributed by atoms with Crippen molar-refractivity contribution in [3.63, 3.8) is 0 Å². The zero-order chi connectivity index (χ0) is 13.8. The molecule has 0 aliphatic carbocycles. The Morgan fingerprint density at radius 1 is 1.33 bits per heavy atom. The van der Waals surface area contributed by atoms with E-state index in [1.807, 2.05) is 13.8 Å². The van der Waals surface area contributed by atoms with E-state index < -0.39 is 10.0 Å². The zero-order valence-electron chi connectivity index (χ0n) is 10.8. The van der Waals surface area contributed by atoms with Crippen molar-refractivity contribution in [2.45, 2.75) is 24.8 Å². The van der Waals surface area contributed by atoms with E-state index in [1.165, 1.54) is 4.31 Å². The largest absolute Gasteiger partial charge is 0.320 e. The number of rotatable bonds is 3. The van der Waals surface area contributed by atoms with Crippen LogP contribution in [0.4, 0.5) is 0 Å². The maximum absolute atomic E-state index is 12.4. The van der Waals surface area contributed by atoms with Crippen molar-refractivity contribution in [1.29, 1.82) is 0 Å². The first kappa shape index (κ1) is 14.7. The van der Waals surface area contributed by atoms with E-state index in [2.05, 4.69) is 11.8 Å². The van der Waals surface area contributed by atoms with Crippen molar-refractivity contribution in [3.05, 3.63) is 29.8 Å². The molecule has 0 amide bonds. The van der Waals surface area contributed by atoms with Gasteiger partial charge in [-0.05, 0) is 26.0 Å². The first-order valence-corrected chi connectivity index (χ1v) is 7.11. The quantitative estimate of drug-likeness (QED) is 0.831. The third-order valence-corrected chi connectivity index (χ3v) is 4.69. The van der Waals surface area contributed by atoms with Crippen molar-refractivity contribution in [2.24, 2.45) is 5.73 Å². The molecule has 1 aromatic rings. The molecule has 1 aromatic carbocycles. The summed E-state index contributed by atoms with van der Waals surface area (Å²) in [4.78, 5) is 0.224. The Labute approximate surface area is 109 Å². The Balaban J connectivity index is 3.33. The average Bonchev–Trinajstić information content (AvgIpc) is 2.35. The third-order valence-electron chi connectivity index (χ3n) is 2.60. The highest BCUT2D eigenvalue weighted by molar-refractivity contribution is 7.89. The van der Waals surface area contributed by atoms with E-state index in [4.69, 9.17) is 5.73 Å². The van der Waals surface area contributed by atoms with E-state index in [1.54, 1.807) is 31.3 Å². The summed E-state index contributed by atoms with van der Waals surface area (Å²) < 4.78 is 26.1. The second-order valence-electron chi connectivity index (χ2n) is 4.12. The lowest BCUT2D eigenvalue weighted by Crippen LogP contribution is -2.33. The highest BCUT2D eigenvalue weighted by Crippen LogP contribution is 2.19. The van der Waals surface area contributed by atoms with Gasteiger partial charge in [0.05, 0.1) is 11.4 Å². The smallest absolute Gasteiger partial charge is 0.244 e. The monoisotopic (exact) mass is 266 g/mol. The molecule has 18 heavy (non-hydrogen) atoms. The predicted molar refractivity (Wildman–Crippen MR) is 72.5 cm³/mol. The van der Waals surface area contributed by atoms with Gasteiger partial charge in [-0.25, -0.2) is 8.42 Å². The number of nitrogens with two attached hydrogens (primary N) is 1.